The van der Waals surface area contributed by atoms with Gasteiger partial charge in [0.25, 0.3) is 5.91 Å². The number of carbonyl (C=O) groups is 1. The fourth-order valence-corrected chi connectivity index (χ4v) is 5.50. The molecule has 0 spiro atoms. The molecule has 1 aromatic rings. The molecule has 1 unspecified atom stereocenters. The summed E-state index contributed by atoms with van der Waals surface area (Å²) in [4.78, 5) is 12.9. The summed E-state index contributed by atoms with van der Waals surface area (Å²) in [5, 5.41) is 4.61. The zero-order valence-electron chi connectivity index (χ0n) is 14.0. The van der Waals surface area contributed by atoms with E-state index in [1.807, 2.05) is 6.92 Å². The van der Waals surface area contributed by atoms with Gasteiger partial charge in [-0.2, -0.15) is 4.31 Å². The zero-order valence-corrected chi connectivity index (χ0v) is 15.7. The first-order valence-electron chi connectivity index (χ1n) is 8.21. The molecule has 1 aliphatic rings. The average Bonchev–Trinajstić information content (AvgIpc) is 3.16. The molecule has 5 nitrogen and oxygen atoms in total. The van der Waals surface area contributed by atoms with Crippen LogP contribution in [0.5, 0.6) is 0 Å². The highest BCUT2D eigenvalue weighted by atomic mass is 32.2. The molecule has 1 aromatic heterocycles. The summed E-state index contributed by atoms with van der Waals surface area (Å²) < 4.78 is 26.8. The van der Waals surface area contributed by atoms with Gasteiger partial charge in [0.1, 0.15) is 9.77 Å². The van der Waals surface area contributed by atoms with Crippen molar-refractivity contribution < 1.29 is 13.2 Å². The van der Waals surface area contributed by atoms with E-state index in [1.165, 1.54) is 15.6 Å². The minimum Gasteiger partial charge on any atom is -0.349 e. The van der Waals surface area contributed by atoms with Gasteiger partial charge < -0.3 is 5.32 Å². The molecule has 1 aliphatic heterocycles. The van der Waals surface area contributed by atoms with Gasteiger partial charge in [0.05, 0.1) is 0 Å². The topological polar surface area (TPSA) is 66.5 Å². The summed E-state index contributed by atoms with van der Waals surface area (Å²) in [5.74, 6) is 0.302. The minimum atomic E-state index is -3.55. The predicted molar refractivity (Wildman–Crippen MR) is 93.3 cm³/mol. The molecule has 1 fully saturated rings. The summed E-state index contributed by atoms with van der Waals surface area (Å²) >= 11 is 1.19. The molecule has 1 N–H and O–H groups in total. The van der Waals surface area contributed by atoms with Crippen molar-refractivity contribution in [2.45, 2.75) is 57.4 Å². The molecule has 1 atom stereocenters. The Morgan fingerprint density at radius 3 is 2.52 bits per heavy atom. The van der Waals surface area contributed by atoms with Crippen LogP contribution in [0.15, 0.2) is 16.3 Å². The zero-order chi connectivity index (χ0) is 17.0. The lowest BCUT2D eigenvalue weighted by molar-refractivity contribution is 0.0938. The predicted octanol–water partition coefficient (Wildman–Crippen LogP) is 3.09. The fraction of sp³-hybridized carbons (Fsp3) is 0.688. The lowest BCUT2D eigenvalue weighted by Crippen LogP contribution is -2.34. The summed E-state index contributed by atoms with van der Waals surface area (Å²) in [6.45, 7) is 7.35. The number of carbonyl (C=O) groups excluding carboxylic acids is 1. The molecule has 0 saturated carbocycles. The van der Waals surface area contributed by atoms with Crippen LogP contribution in [0, 0.1) is 5.92 Å². The van der Waals surface area contributed by atoms with Crippen LogP contribution in [0.25, 0.3) is 0 Å². The molecule has 1 amide bonds. The Labute approximate surface area is 143 Å². The van der Waals surface area contributed by atoms with Gasteiger partial charge in [0, 0.05) is 19.1 Å². The van der Waals surface area contributed by atoms with Crippen LogP contribution in [-0.2, 0) is 10.0 Å². The summed E-state index contributed by atoms with van der Waals surface area (Å²) in [7, 11) is -3.55. The van der Waals surface area contributed by atoms with E-state index < -0.39 is 10.0 Å². The highest BCUT2D eigenvalue weighted by Crippen LogP contribution is 2.27. The van der Waals surface area contributed by atoms with E-state index in [0.717, 1.165) is 25.7 Å². The van der Waals surface area contributed by atoms with E-state index in [9.17, 15) is 13.2 Å². The van der Waals surface area contributed by atoms with E-state index in [-0.39, 0.29) is 16.8 Å². The van der Waals surface area contributed by atoms with Gasteiger partial charge >= 0.3 is 0 Å². The van der Waals surface area contributed by atoms with Crippen LogP contribution in [0.1, 0.15) is 56.1 Å². The third-order valence-corrected chi connectivity index (χ3v) is 7.06. The number of amides is 1. The number of thiophene rings is 1. The van der Waals surface area contributed by atoms with E-state index in [1.54, 1.807) is 11.4 Å². The second-order valence-corrected chi connectivity index (χ2v) is 9.39. The van der Waals surface area contributed by atoms with Crippen molar-refractivity contribution in [1.29, 1.82) is 0 Å². The SMILES string of the molecule is CC(C)CCC(C)NC(=O)c1sccc1S(=O)(=O)N1CCCC1. The maximum Gasteiger partial charge on any atom is 0.262 e. The Kier molecular flexibility index (Phi) is 6.22. The molecule has 0 aromatic carbocycles. The minimum absolute atomic E-state index is 0.0364. The molecular formula is C16H26N2O3S2. The standard InChI is InChI=1S/C16H26N2O3S2/c1-12(2)6-7-13(3)17-16(19)15-14(8-11-22-15)23(20,21)18-9-4-5-10-18/h8,11-13H,4-7,9-10H2,1-3H3,(H,17,19). The maximum atomic E-state index is 12.7. The van der Waals surface area contributed by atoms with Crippen LogP contribution in [0.2, 0.25) is 0 Å². The van der Waals surface area contributed by atoms with Crippen molar-refractivity contribution in [3.8, 4) is 0 Å². The van der Waals surface area contributed by atoms with Gasteiger partial charge in [-0.15, -0.1) is 11.3 Å². The number of hydrogen-bond donors (Lipinski definition) is 1. The van der Waals surface area contributed by atoms with E-state index in [2.05, 4.69) is 19.2 Å². The van der Waals surface area contributed by atoms with Crippen molar-refractivity contribution in [2.24, 2.45) is 5.92 Å². The Bertz CT molecular complexity index is 632. The van der Waals surface area contributed by atoms with Gasteiger partial charge in [-0.3, -0.25) is 4.79 Å². The molecule has 0 aliphatic carbocycles. The van der Waals surface area contributed by atoms with Crippen LogP contribution in [-0.4, -0.2) is 37.8 Å². The first kappa shape index (κ1) is 18.4. The van der Waals surface area contributed by atoms with Gasteiger partial charge in [-0.1, -0.05) is 13.8 Å². The largest absolute Gasteiger partial charge is 0.349 e. The highest BCUT2D eigenvalue weighted by Gasteiger charge is 2.32. The number of nitrogens with one attached hydrogen (secondary N) is 1. The fourth-order valence-electron chi connectivity index (χ4n) is 2.68. The van der Waals surface area contributed by atoms with E-state index in [4.69, 9.17) is 0 Å². The van der Waals surface area contributed by atoms with Crippen molar-refractivity contribution >= 4 is 27.3 Å². The molecule has 2 rings (SSSR count). The van der Waals surface area contributed by atoms with Gasteiger partial charge in [-0.25, -0.2) is 8.42 Å². The third-order valence-electron chi connectivity index (χ3n) is 4.07. The maximum absolute atomic E-state index is 12.7. The summed E-state index contributed by atoms with van der Waals surface area (Å²) in [5.41, 5.74) is 0. The monoisotopic (exact) mass is 358 g/mol. The number of rotatable bonds is 7. The Morgan fingerprint density at radius 2 is 1.91 bits per heavy atom. The molecule has 2 heterocycles. The third kappa shape index (κ3) is 4.55. The molecule has 23 heavy (non-hydrogen) atoms. The second-order valence-electron chi connectivity index (χ2n) is 6.57. The summed E-state index contributed by atoms with van der Waals surface area (Å²) in [6.07, 6.45) is 3.70. The summed E-state index contributed by atoms with van der Waals surface area (Å²) in [6, 6.07) is 1.58. The van der Waals surface area contributed by atoms with Crippen molar-refractivity contribution in [1.82, 2.24) is 9.62 Å². The Hall–Kier alpha value is -0.920. The van der Waals surface area contributed by atoms with Crippen molar-refractivity contribution in [2.75, 3.05) is 13.1 Å². The first-order valence-corrected chi connectivity index (χ1v) is 10.5. The van der Waals surface area contributed by atoms with Gasteiger partial charge in [-0.05, 0) is 50.0 Å². The van der Waals surface area contributed by atoms with Crippen LogP contribution >= 0.6 is 11.3 Å². The quantitative estimate of drug-likeness (QED) is 0.814. The molecule has 0 bridgehead atoms. The van der Waals surface area contributed by atoms with Crippen molar-refractivity contribution in [3.63, 3.8) is 0 Å². The smallest absolute Gasteiger partial charge is 0.262 e. The van der Waals surface area contributed by atoms with E-state index >= 15 is 0 Å². The first-order chi connectivity index (χ1) is 10.8. The van der Waals surface area contributed by atoms with Crippen LogP contribution in [0.4, 0.5) is 0 Å². The molecule has 7 heteroatoms. The normalized spacial score (nSPS) is 17.6. The molecule has 1 saturated heterocycles. The number of sulfonamides is 1. The van der Waals surface area contributed by atoms with Crippen LogP contribution < -0.4 is 5.32 Å². The highest BCUT2D eigenvalue weighted by molar-refractivity contribution is 7.89. The van der Waals surface area contributed by atoms with Crippen LogP contribution in [0.3, 0.4) is 0 Å². The van der Waals surface area contributed by atoms with Crippen molar-refractivity contribution in [3.05, 3.63) is 16.3 Å². The van der Waals surface area contributed by atoms with E-state index in [0.29, 0.717) is 23.9 Å². The lowest BCUT2D eigenvalue weighted by atomic mass is 10.0. The second kappa shape index (κ2) is 7.77. The van der Waals surface area contributed by atoms with Gasteiger partial charge in [0.2, 0.25) is 10.0 Å². The molecule has 130 valence electrons. The molecular weight excluding hydrogens is 332 g/mol. The average molecular weight is 359 g/mol. The lowest BCUT2D eigenvalue weighted by Gasteiger charge is -2.17. The molecule has 0 radical (unpaired) electrons. The number of hydrogen-bond acceptors (Lipinski definition) is 4. The Morgan fingerprint density at radius 1 is 1.26 bits per heavy atom. The van der Waals surface area contributed by atoms with Gasteiger partial charge in [0.15, 0.2) is 0 Å². The Balaban J connectivity index is 2.09. The number of nitrogens with zero attached hydrogens (tertiary/aromatic N) is 1.